The third-order valence-electron chi connectivity index (χ3n) is 4.27. The summed E-state index contributed by atoms with van der Waals surface area (Å²) in [5.41, 5.74) is 0.486. The van der Waals surface area contributed by atoms with E-state index in [2.05, 4.69) is 0 Å². The summed E-state index contributed by atoms with van der Waals surface area (Å²) in [5, 5.41) is 0. The van der Waals surface area contributed by atoms with E-state index in [-0.39, 0.29) is 24.0 Å². The monoisotopic (exact) mass is 299 g/mol. The van der Waals surface area contributed by atoms with E-state index in [4.69, 9.17) is 9.47 Å². The van der Waals surface area contributed by atoms with Crippen LogP contribution < -0.4 is 9.64 Å². The third-order valence-corrected chi connectivity index (χ3v) is 4.27. The van der Waals surface area contributed by atoms with Crippen molar-refractivity contribution in [2.75, 3.05) is 4.90 Å². The molecule has 22 heavy (non-hydrogen) atoms. The molecular weight excluding hydrogens is 286 g/mol. The lowest BCUT2D eigenvalue weighted by molar-refractivity contribution is -0.132. The molecule has 4 rings (SSSR count). The Hall–Kier alpha value is -2.47. The number of carbonyl (C=O) groups excluding carboxylic acids is 3. The number of anilines is 1. The summed E-state index contributed by atoms with van der Waals surface area (Å²) in [6.45, 7) is 1.31. The maximum absolute atomic E-state index is 12.6. The van der Waals surface area contributed by atoms with Crippen molar-refractivity contribution < 1.29 is 23.9 Å². The molecule has 2 amide bonds. The molecule has 1 aromatic carbocycles. The molecule has 2 fully saturated rings. The standard InChI is InChI=1S/C16H13NO5/c1-8(18)21-10-4-2-9(3-5-10)17-15(19)13-11-6-7-12(22-11)14(13)16(17)20/h2-7,11-14H,1H3/t11-,12-,13-,14+/m0/s1. The van der Waals surface area contributed by atoms with Gasteiger partial charge in [-0.2, -0.15) is 0 Å². The Morgan fingerprint density at radius 3 is 2.09 bits per heavy atom. The van der Waals surface area contributed by atoms with Gasteiger partial charge in [0, 0.05) is 6.92 Å². The smallest absolute Gasteiger partial charge is 0.308 e. The molecule has 4 atom stereocenters. The number of carbonyl (C=O) groups is 3. The summed E-state index contributed by atoms with van der Waals surface area (Å²) in [5.74, 6) is -1.35. The Morgan fingerprint density at radius 1 is 1.05 bits per heavy atom. The van der Waals surface area contributed by atoms with Crippen LogP contribution >= 0.6 is 0 Å². The van der Waals surface area contributed by atoms with Gasteiger partial charge < -0.3 is 9.47 Å². The number of esters is 1. The van der Waals surface area contributed by atoms with Gasteiger partial charge in [0.25, 0.3) is 0 Å². The maximum Gasteiger partial charge on any atom is 0.308 e. The van der Waals surface area contributed by atoms with Crippen molar-refractivity contribution in [1.29, 1.82) is 0 Å². The van der Waals surface area contributed by atoms with Crippen LogP contribution in [0.15, 0.2) is 36.4 Å². The van der Waals surface area contributed by atoms with Gasteiger partial charge in [0.1, 0.15) is 5.75 Å². The summed E-state index contributed by atoms with van der Waals surface area (Å²) >= 11 is 0. The Kier molecular flexibility index (Phi) is 2.71. The van der Waals surface area contributed by atoms with E-state index in [1.807, 2.05) is 12.2 Å². The minimum absolute atomic E-state index is 0.230. The van der Waals surface area contributed by atoms with E-state index >= 15 is 0 Å². The van der Waals surface area contributed by atoms with Crippen LogP contribution in [0.1, 0.15) is 6.92 Å². The largest absolute Gasteiger partial charge is 0.427 e. The Bertz CT molecular complexity index is 678. The Balaban J connectivity index is 1.62. The van der Waals surface area contributed by atoms with E-state index in [0.717, 1.165) is 0 Å². The lowest BCUT2D eigenvalue weighted by Crippen LogP contribution is -2.34. The molecule has 112 valence electrons. The molecule has 3 aliphatic rings. The Labute approximate surface area is 126 Å². The fourth-order valence-corrected chi connectivity index (χ4v) is 3.39. The molecule has 0 aliphatic carbocycles. The first-order valence-corrected chi connectivity index (χ1v) is 7.06. The predicted molar refractivity (Wildman–Crippen MR) is 75.0 cm³/mol. The first-order chi connectivity index (χ1) is 10.6. The molecule has 6 heteroatoms. The topological polar surface area (TPSA) is 72.9 Å². The van der Waals surface area contributed by atoms with E-state index in [9.17, 15) is 14.4 Å². The molecule has 2 saturated heterocycles. The summed E-state index contributed by atoms with van der Waals surface area (Å²) in [6, 6.07) is 6.33. The van der Waals surface area contributed by atoms with Crippen molar-refractivity contribution in [3.63, 3.8) is 0 Å². The second-order valence-corrected chi connectivity index (χ2v) is 5.60. The fourth-order valence-electron chi connectivity index (χ4n) is 3.39. The van der Waals surface area contributed by atoms with Crippen LogP contribution in [-0.2, 0) is 19.1 Å². The minimum atomic E-state index is -0.421. The van der Waals surface area contributed by atoms with Gasteiger partial charge in [-0.1, -0.05) is 12.2 Å². The quantitative estimate of drug-likeness (QED) is 0.353. The predicted octanol–water partition coefficient (Wildman–Crippen LogP) is 1.05. The number of hydrogen-bond donors (Lipinski definition) is 0. The average molecular weight is 299 g/mol. The van der Waals surface area contributed by atoms with Crippen molar-refractivity contribution in [3.8, 4) is 5.75 Å². The lowest BCUT2D eigenvalue weighted by Gasteiger charge is -2.17. The normalized spacial score (nSPS) is 31.8. The van der Waals surface area contributed by atoms with Gasteiger partial charge in [-0.25, -0.2) is 4.90 Å². The SMILES string of the molecule is CC(=O)Oc1ccc(N2C(=O)[C@@H]3[C@H](C2=O)[C@@H]2C=C[C@@H]3O2)cc1. The number of fused-ring (bicyclic) bond motifs is 5. The molecule has 6 nitrogen and oxygen atoms in total. The van der Waals surface area contributed by atoms with E-state index in [0.29, 0.717) is 11.4 Å². The highest BCUT2D eigenvalue weighted by atomic mass is 16.5. The summed E-state index contributed by atoms with van der Waals surface area (Å²) in [6.07, 6.45) is 3.11. The van der Waals surface area contributed by atoms with Gasteiger partial charge in [-0.15, -0.1) is 0 Å². The van der Waals surface area contributed by atoms with Crippen LogP contribution in [0.25, 0.3) is 0 Å². The molecular formula is C16H13NO5. The van der Waals surface area contributed by atoms with Gasteiger partial charge in [0.2, 0.25) is 11.8 Å². The van der Waals surface area contributed by atoms with Crippen LogP contribution in [0.4, 0.5) is 5.69 Å². The summed E-state index contributed by atoms with van der Waals surface area (Å²) in [4.78, 5) is 37.2. The summed E-state index contributed by atoms with van der Waals surface area (Å²) in [7, 11) is 0. The summed E-state index contributed by atoms with van der Waals surface area (Å²) < 4.78 is 10.5. The van der Waals surface area contributed by atoms with Crippen LogP contribution in [0.5, 0.6) is 5.75 Å². The molecule has 2 bridgehead atoms. The second-order valence-electron chi connectivity index (χ2n) is 5.60. The van der Waals surface area contributed by atoms with Gasteiger partial charge in [0.05, 0.1) is 29.7 Å². The maximum atomic E-state index is 12.6. The molecule has 0 spiro atoms. The fraction of sp³-hybridized carbons (Fsp3) is 0.312. The highest BCUT2D eigenvalue weighted by molar-refractivity contribution is 6.23. The van der Waals surface area contributed by atoms with Crippen molar-refractivity contribution in [2.24, 2.45) is 11.8 Å². The van der Waals surface area contributed by atoms with Gasteiger partial charge in [-0.3, -0.25) is 14.4 Å². The number of ether oxygens (including phenoxy) is 2. The number of amides is 2. The number of imide groups is 1. The third kappa shape index (κ3) is 1.74. The van der Waals surface area contributed by atoms with Gasteiger partial charge >= 0.3 is 5.97 Å². The molecule has 1 aromatic rings. The second kappa shape index (κ2) is 4.51. The van der Waals surface area contributed by atoms with E-state index < -0.39 is 17.8 Å². The van der Waals surface area contributed by atoms with E-state index in [1.165, 1.54) is 11.8 Å². The number of nitrogens with zero attached hydrogens (tertiary/aromatic N) is 1. The zero-order chi connectivity index (χ0) is 15.4. The number of benzene rings is 1. The lowest BCUT2D eigenvalue weighted by atomic mass is 9.85. The molecule has 0 unspecified atom stereocenters. The molecule has 0 saturated carbocycles. The number of rotatable bonds is 2. The van der Waals surface area contributed by atoms with Crippen molar-refractivity contribution in [2.45, 2.75) is 19.1 Å². The van der Waals surface area contributed by atoms with Crippen molar-refractivity contribution in [3.05, 3.63) is 36.4 Å². The zero-order valence-electron chi connectivity index (χ0n) is 11.8. The van der Waals surface area contributed by atoms with Crippen LogP contribution in [0.2, 0.25) is 0 Å². The molecule has 0 aromatic heterocycles. The molecule has 3 aliphatic heterocycles. The van der Waals surface area contributed by atoms with E-state index in [1.54, 1.807) is 24.3 Å². The molecule has 0 radical (unpaired) electrons. The van der Waals surface area contributed by atoms with Crippen LogP contribution in [-0.4, -0.2) is 30.0 Å². The Morgan fingerprint density at radius 2 is 1.59 bits per heavy atom. The average Bonchev–Trinajstić information content (AvgIpc) is 3.14. The van der Waals surface area contributed by atoms with Gasteiger partial charge in [-0.05, 0) is 24.3 Å². The first-order valence-electron chi connectivity index (χ1n) is 7.06. The van der Waals surface area contributed by atoms with Crippen molar-refractivity contribution in [1.82, 2.24) is 0 Å². The van der Waals surface area contributed by atoms with Crippen LogP contribution in [0.3, 0.4) is 0 Å². The minimum Gasteiger partial charge on any atom is -0.427 e. The first kappa shape index (κ1) is 13.2. The van der Waals surface area contributed by atoms with Crippen molar-refractivity contribution >= 4 is 23.5 Å². The van der Waals surface area contributed by atoms with Gasteiger partial charge in [0.15, 0.2) is 0 Å². The molecule has 3 heterocycles. The number of hydrogen-bond acceptors (Lipinski definition) is 5. The highest BCUT2D eigenvalue weighted by Crippen LogP contribution is 2.46. The van der Waals surface area contributed by atoms with Crippen LogP contribution in [0, 0.1) is 11.8 Å². The highest BCUT2D eigenvalue weighted by Gasteiger charge is 2.60. The zero-order valence-corrected chi connectivity index (χ0v) is 11.8. The molecule has 0 N–H and O–H groups in total.